The van der Waals surface area contributed by atoms with Gasteiger partial charge in [0.25, 0.3) is 5.91 Å². The Labute approximate surface area is 147 Å². The number of nitrogens with zero attached hydrogens (tertiary/aromatic N) is 2. The fourth-order valence-electron chi connectivity index (χ4n) is 2.42. The first-order chi connectivity index (χ1) is 12.2. The fraction of sp³-hybridized carbons (Fsp3) is 0.0556. The van der Waals surface area contributed by atoms with Crippen LogP contribution in [0.5, 0.6) is 0 Å². The van der Waals surface area contributed by atoms with Gasteiger partial charge in [0, 0.05) is 6.07 Å². The van der Waals surface area contributed by atoms with Crippen LogP contribution in [-0.2, 0) is 6.54 Å². The molecule has 0 spiro atoms. The van der Waals surface area contributed by atoms with Crippen LogP contribution in [0.2, 0.25) is 0 Å². The molecule has 0 fully saturated rings. The van der Waals surface area contributed by atoms with Crippen LogP contribution in [0.1, 0.15) is 16.1 Å². The van der Waals surface area contributed by atoms with Gasteiger partial charge in [0.15, 0.2) is 23.2 Å². The first kappa shape index (κ1) is 15.3. The van der Waals surface area contributed by atoms with Crippen molar-refractivity contribution in [3.05, 3.63) is 77.5 Å². The van der Waals surface area contributed by atoms with Crippen molar-refractivity contribution in [2.45, 2.75) is 6.54 Å². The van der Waals surface area contributed by atoms with Gasteiger partial charge in [0.2, 0.25) is 0 Å². The lowest BCUT2D eigenvalue weighted by Crippen LogP contribution is -2.29. The molecule has 25 heavy (non-hydrogen) atoms. The van der Waals surface area contributed by atoms with Crippen molar-refractivity contribution in [3.8, 4) is 10.8 Å². The van der Waals surface area contributed by atoms with Crippen molar-refractivity contribution < 1.29 is 13.9 Å². The lowest BCUT2D eigenvalue weighted by molar-refractivity contribution is -0.605. The maximum atomic E-state index is 12.0. The molecule has 1 amide bonds. The zero-order chi connectivity index (χ0) is 17.2. The van der Waals surface area contributed by atoms with E-state index in [1.165, 1.54) is 18.5 Å². The second kappa shape index (κ2) is 6.37. The highest BCUT2D eigenvalue weighted by molar-refractivity contribution is 7.21. The van der Waals surface area contributed by atoms with Gasteiger partial charge in [-0.25, -0.2) is 4.98 Å². The number of rotatable bonds is 4. The van der Waals surface area contributed by atoms with E-state index in [1.807, 2.05) is 30.3 Å². The molecule has 4 aromatic rings. The quantitative estimate of drug-likeness (QED) is 0.452. The SMILES string of the molecule is O=C(NCc1ccc(-c2nc3ccccc3s2)o1)c1ccc[n+]([O-])c1. The standard InChI is InChI=1S/C18H13N3O3S/c22-17(12-4-3-9-21(23)11-12)19-10-13-7-8-15(24-13)18-20-14-5-1-2-6-16(14)25-18/h1-9,11H,10H2,(H,19,22). The van der Waals surface area contributed by atoms with E-state index in [2.05, 4.69) is 10.3 Å². The molecule has 0 saturated carbocycles. The molecule has 1 aromatic carbocycles. The average Bonchev–Trinajstić information content (AvgIpc) is 3.26. The lowest BCUT2D eigenvalue weighted by atomic mass is 10.2. The van der Waals surface area contributed by atoms with Crippen molar-refractivity contribution in [2.75, 3.05) is 0 Å². The Kier molecular flexibility index (Phi) is 3.91. The van der Waals surface area contributed by atoms with E-state index >= 15 is 0 Å². The van der Waals surface area contributed by atoms with Crippen LogP contribution in [-0.4, -0.2) is 10.9 Å². The van der Waals surface area contributed by atoms with E-state index in [1.54, 1.807) is 23.5 Å². The van der Waals surface area contributed by atoms with Crippen molar-refractivity contribution in [1.29, 1.82) is 0 Å². The normalized spacial score (nSPS) is 10.9. The Morgan fingerprint density at radius 3 is 2.92 bits per heavy atom. The van der Waals surface area contributed by atoms with Gasteiger partial charge in [-0.15, -0.1) is 11.3 Å². The minimum Gasteiger partial charge on any atom is -0.619 e. The molecule has 6 nitrogen and oxygen atoms in total. The Hall–Kier alpha value is -3.19. The lowest BCUT2D eigenvalue weighted by Gasteiger charge is -2.03. The molecule has 0 aliphatic rings. The van der Waals surface area contributed by atoms with Gasteiger partial charge >= 0.3 is 0 Å². The number of carbonyl (C=O) groups is 1. The Balaban J connectivity index is 1.47. The highest BCUT2D eigenvalue weighted by Crippen LogP contribution is 2.31. The highest BCUT2D eigenvalue weighted by Gasteiger charge is 2.12. The van der Waals surface area contributed by atoms with Gasteiger partial charge in [-0.1, -0.05) is 12.1 Å². The van der Waals surface area contributed by atoms with Gasteiger partial charge < -0.3 is 14.9 Å². The van der Waals surface area contributed by atoms with Crippen molar-refractivity contribution >= 4 is 27.5 Å². The average molecular weight is 351 g/mol. The fourth-order valence-corrected chi connectivity index (χ4v) is 3.35. The summed E-state index contributed by atoms with van der Waals surface area (Å²) in [5, 5.41) is 14.7. The molecule has 0 unspecified atom stereocenters. The Bertz CT molecular complexity index is 1020. The van der Waals surface area contributed by atoms with E-state index in [0.29, 0.717) is 21.8 Å². The monoisotopic (exact) mass is 351 g/mol. The molecule has 3 aromatic heterocycles. The minimum absolute atomic E-state index is 0.234. The summed E-state index contributed by atoms with van der Waals surface area (Å²) in [4.78, 5) is 16.6. The molecule has 124 valence electrons. The zero-order valence-electron chi connectivity index (χ0n) is 13.0. The first-order valence-electron chi connectivity index (χ1n) is 7.61. The van der Waals surface area contributed by atoms with Crippen LogP contribution in [0.3, 0.4) is 0 Å². The van der Waals surface area contributed by atoms with Gasteiger partial charge in [0.1, 0.15) is 11.3 Å². The van der Waals surface area contributed by atoms with Crippen LogP contribution in [0.25, 0.3) is 21.0 Å². The minimum atomic E-state index is -0.330. The van der Waals surface area contributed by atoms with E-state index in [-0.39, 0.29) is 12.5 Å². The number of thiazole rings is 1. The maximum Gasteiger partial charge on any atom is 0.257 e. The van der Waals surface area contributed by atoms with E-state index < -0.39 is 0 Å². The summed E-state index contributed by atoms with van der Waals surface area (Å²) >= 11 is 1.56. The van der Waals surface area contributed by atoms with Crippen LogP contribution in [0, 0.1) is 5.21 Å². The van der Waals surface area contributed by atoms with Crippen molar-refractivity contribution in [1.82, 2.24) is 10.3 Å². The zero-order valence-corrected chi connectivity index (χ0v) is 13.8. The number of benzene rings is 1. The van der Waals surface area contributed by atoms with Crippen LogP contribution < -0.4 is 10.0 Å². The van der Waals surface area contributed by atoms with Crippen molar-refractivity contribution in [2.24, 2.45) is 0 Å². The number of pyridine rings is 1. The molecule has 0 atom stereocenters. The number of amides is 1. The summed E-state index contributed by atoms with van der Waals surface area (Å²) in [5.41, 5.74) is 1.24. The number of para-hydroxylation sites is 1. The first-order valence-corrected chi connectivity index (χ1v) is 8.42. The Morgan fingerprint density at radius 2 is 2.08 bits per heavy atom. The number of nitrogens with one attached hydrogen (secondary N) is 1. The second-order valence-electron chi connectivity index (χ2n) is 5.39. The third kappa shape index (κ3) is 3.22. The van der Waals surface area contributed by atoms with Gasteiger partial charge in [-0.05, 0) is 30.3 Å². The van der Waals surface area contributed by atoms with E-state index in [4.69, 9.17) is 4.42 Å². The molecule has 0 aliphatic heterocycles. The Morgan fingerprint density at radius 1 is 1.20 bits per heavy atom. The second-order valence-corrected chi connectivity index (χ2v) is 6.42. The summed E-state index contributed by atoms with van der Waals surface area (Å²) < 4.78 is 7.46. The van der Waals surface area contributed by atoms with Crippen LogP contribution in [0.15, 0.2) is 65.3 Å². The number of fused-ring (bicyclic) bond motifs is 1. The molecular formula is C18H13N3O3S. The number of furan rings is 1. The molecule has 1 N–H and O–H groups in total. The number of hydrogen-bond donors (Lipinski definition) is 1. The molecular weight excluding hydrogens is 338 g/mol. The molecule has 7 heteroatoms. The largest absolute Gasteiger partial charge is 0.619 e. The topological polar surface area (TPSA) is 82.1 Å². The summed E-state index contributed by atoms with van der Waals surface area (Å²) in [6.45, 7) is 0.234. The van der Waals surface area contributed by atoms with E-state index in [0.717, 1.165) is 15.2 Å². The molecule has 0 aliphatic carbocycles. The van der Waals surface area contributed by atoms with Gasteiger partial charge in [-0.3, -0.25) is 4.79 Å². The number of carbonyl (C=O) groups excluding carboxylic acids is 1. The smallest absolute Gasteiger partial charge is 0.257 e. The molecule has 0 radical (unpaired) electrons. The molecule has 4 rings (SSSR count). The molecule has 0 saturated heterocycles. The molecule has 3 heterocycles. The molecule has 0 bridgehead atoms. The summed E-state index contributed by atoms with van der Waals surface area (Å²) in [6.07, 6.45) is 2.55. The highest BCUT2D eigenvalue weighted by atomic mass is 32.1. The number of aromatic nitrogens is 2. The van der Waals surface area contributed by atoms with Crippen LogP contribution >= 0.6 is 11.3 Å². The van der Waals surface area contributed by atoms with Crippen molar-refractivity contribution in [3.63, 3.8) is 0 Å². The van der Waals surface area contributed by atoms with E-state index in [9.17, 15) is 10.0 Å². The maximum absolute atomic E-state index is 12.0. The third-order valence-electron chi connectivity index (χ3n) is 3.63. The number of hydrogen-bond acceptors (Lipinski definition) is 5. The van der Waals surface area contributed by atoms with Gasteiger partial charge in [-0.2, -0.15) is 4.73 Å². The summed E-state index contributed by atoms with van der Waals surface area (Å²) in [5.74, 6) is 0.958. The summed E-state index contributed by atoms with van der Waals surface area (Å²) in [7, 11) is 0. The summed E-state index contributed by atoms with van der Waals surface area (Å²) in [6, 6.07) is 14.7. The predicted octanol–water partition coefficient (Wildman–Crippen LogP) is 3.12. The van der Waals surface area contributed by atoms with Gasteiger partial charge in [0.05, 0.1) is 16.8 Å². The van der Waals surface area contributed by atoms with Crippen LogP contribution in [0.4, 0.5) is 0 Å². The third-order valence-corrected chi connectivity index (χ3v) is 4.68. The predicted molar refractivity (Wildman–Crippen MR) is 93.9 cm³/mol.